The van der Waals surface area contributed by atoms with E-state index < -0.39 is 0 Å². The fourth-order valence-corrected chi connectivity index (χ4v) is 3.52. The lowest BCUT2D eigenvalue weighted by molar-refractivity contribution is 0.183. The summed E-state index contributed by atoms with van der Waals surface area (Å²) in [6.07, 6.45) is 4.54. The van der Waals surface area contributed by atoms with Gasteiger partial charge in [0.05, 0.1) is 6.54 Å². The monoisotopic (exact) mass is 323 g/mol. The van der Waals surface area contributed by atoms with Crippen LogP contribution in [0, 0.1) is 12.8 Å². The standard InChI is InChI=1S/C16H29N5S/c1-4-17-16(20-11-15-18-9-13(3)22-15)19-10-14-7-6-8-21(5-2)12-14/h9,14H,4-8,10-12H2,1-3H3,(H2,17,19,20). The molecular weight excluding hydrogens is 294 g/mol. The zero-order valence-electron chi connectivity index (χ0n) is 14.1. The van der Waals surface area contributed by atoms with Crippen LogP contribution in [0.4, 0.5) is 0 Å². The topological polar surface area (TPSA) is 52.6 Å². The summed E-state index contributed by atoms with van der Waals surface area (Å²) in [7, 11) is 0. The zero-order chi connectivity index (χ0) is 15.8. The predicted molar refractivity (Wildman–Crippen MR) is 94.5 cm³/mol. The molecule has 0 spiro atoms. The normalized spacial score (nSPS) is 20.1. The van der Waals surface area contributed by atoms with Crippen molar-refractivity contribution >= 4 is 17.3 Å². The van der Waals surface area contributed by atoms with Gasteiger partial charge < -0.3 is 15.5 Å². The van der Waals surface area contributed by atoms with Crippen molar-refractivity contribution in [2.45, 2.75) is 40.2 Å². The third-order valence-electron chi connectivity index (χ3n) is 3.99. The van der Waals surface area contributed by atoms with E-state index in [9.17, 15) is 0 Å². The predicted octanol–water partition coefficient (Wildman–Crippen LogP) is 2.24. The highest BCUT2D eigenvalue weighted by molar-refractivity contribution is 7.11. The van der Waals surface area contributed by atoms with Crippen LogP contribution in [0.15, 0.2) is 11.2 Å². The molecule has 1 aromatic rings. The van der Waals surface area contributed by atoms with Crippen LogP contribution in [0.1, 0.15) is 36.6 Å². The first-order chi connectivity index (χ1) is 10.7. The van der Waals surface area contributed by atoms with Gasteiger partial charge in [0.15, 0.2) is 5.96 Å². The molecule has 0 aliphatic carbocycles. The summed E-state index contributed by atoms with van der Waals surface area (Å²) in [4.78, 5) is 12.8. The van der Waals surface area contributed by atoms with Crippen LogP contribution in [0.3, 0.4) is 0 Å². The van der Waals surface area contributed by atoms with E-state index in [1.807, 2.05) is 6.20 Å². The maximum absolute atomic E-state index is 4.65. The summed E-state index contributed by atoms with van der Waals surface area (Å²) in [5.74, 6) is 1.63. The van der Waals surface area contributed by atoms with E-state index in [2.05, 4.69) is 46.3 Å². The molecule has 0 aromatic carbocycles. The van der Waals surface area contributed by atoms with Crippen molar-refractivity contribution in [3.63, 3.8) is 0 Å². The molecule has 1 saturated heterocycles. The molecule has 2 rings (SSSR count). The zero-order valence-corrected chi connectivity index (χ0v) is 14.9. The molecule has 1 atom stereocenters. The van der Waals surface area contributed by atoms with Gasteiger partial charge in [-0.2, -0.15) is 0 Å². The van der Waals surface area contributed by atoms with Crippen molar-refractivity contribution < 1.29 is 0 Å². The Bertz CT molecular complexity index is 471. The highest BCUT2D eigenvalue weighted by Gasteiger charge is 2.18. The Labute approximate surface area is 138 Å². The smallest absolute Gasteiger partial charge is 0.191 e. The molecule has 0 amide bonds. The van der Waals surface area contributed by atoms with Gasteiger partial charge in [-0.1, -0.05) is 6.92 Å². The minimum atomic E-state index is 0.652. The molecule has 22 heavy (non-hydrogen) atoms. The SMILES string of the molecule is CCNC(=NCc1ncc(C)s1)NCC1CCCN(CC)C1. The van der Waals surface area contributed by atoms with Gasteiger partial charge in [-0.15, -0.1) is 11.3 Å². The Morgan fingerprint density at radius 2 is 2.32 bits per heavy atom. The molecule has 0 bridgehead atoms. The molecule has 5 nitrogen and oxygen atoms in total. The van der Waals surface area contributed by atoms with Crippen molar-refractivity contribution in [2.24, 2.45) is 10.9 Å². The van der Waals surface area contributed by atoms with Crippen molar-refractivity contribution in [1.82, 2.24) is 20.5 Å². The first-order valence-corrected chi connectivity index (χ1v) is 9.18. The second-order valence-corrected chi connectivity index (χ2v) is 7.16. The summed E-state index contributed by atoms with van der Waals surface area (Å²) in [5.41, 5.74) is 0. The summed E-state index contributed by atoms with van der Waals surface area (Å²) in [6, 6.07) is 0. The summed E-state index contributed by atoms with van der Waals surface area (Å²) < 4.78 is 0. The van der Waals surface area contributed by atoms with Gasteiger partial charge in [-0.25, -0.2) is 9.98 Å². The van der Waals surface area contributed by atoms with Gasteiger partial charge in [0.25, 0.3) is 0 Å². The Kier molecular flexibility index (Phi) is 7.12. The average Bonchev–Trinajstić information content (AvgIpc) is 2.96. The molecule has 2 N–H and O–H groups in total. The fourth-order valence-electron chi connectivity index (χ4n) is 2.81. The van der Waals surface area contributed by atoms with E-state index in [1.54, 1.807) is 11.3 Å². The number of hydrogen-bond donors (Lipinski definition) is 2. The quantitative estimate of drug-likeness (QED) is 0.623. The van der Waals surface area contributed by atoms with Gasteiger partial charge in [0.1, 0.15) is 5.01 Å². The summed E-state index contributed by atoms with van der Waals surface area (Å²) >= 11 is 1.72. The van der Waals surface area contributed by atoms with Crippen LogP contribution in [0.2, 0.25) is 0 Å². The third kappa shape index (κ3) is 5.57. The fraction of sp³-hybridized carbons (Fsp3) is 0.750. The number of aliphatic imine (C=N–C) groups is 1. The lowest BCUT2D eigenvalue weighted by atomic mass is 9.98. The van der Waals surface area contributed by atoms with Crippen LogP contribution < -0.4 is 10.6 Å². The number of aromatic nitrogens is 1. The number of nitrogens with zero attached hydrogens (tertiary/aromatic N) is 3. The van der Waals surface area contributed by atoms with Gasteiger partial charge in [0, 0.05) is 30.7 Å². The number of hydrogen-bond acceptors (Lipinski definition) is 4. The highest BCUT2D eigenvalue weighted by Crippen LogP contribution is 2.15. The van der Waals surface area contributed by atoms with Crippen molar-refractivity contribution in [1.29, 1.82) is 0 Å². The number of likely N-dealkylation sites (tertiary alicyclic amines) is 1. The third-order valence-corrected chi connectivity index (χ3v) is 4.89. The Balaban J connectivity index is 1.82. The van der Waals surface area contributed by atoms with Gasteiger partial charge in [-0.05, 0) is 45.7 Å². The highest BCUT2D eigenvalue weighted by atomic mass is 32.1. The molecule has 1 aliphatic rings. The van der Waals surface area contributed by atoms with E-state index in [0.717, 1.165) is 36.5 Å². The Hall–Kier alpha value is -1.14. The first kappa shape index (κ1) is 17.2. The van der Waals surface area contributed by atoms with E-state index in [-0.39, 0.29) is 0 Å². The molecule has 1 aromatic heterocycles. The molecule has 0 radical (unpaired) electrons. The van der Waals surface area contributed by atoms with Crippen LogP contribution in [0.25, 0.3) is 0 Å². The van der Waals surface area contributed by atoms with Crippen molar-refractivity contribution in [2.75, 3.05) is 32.7 Å². The number of thiazole rings is 1. The second-order valence-electron chi connectivity index (χ2n) is 5.84. The van der Waals surface area contributed by atoms with E-state index >= 15 is 0 Å². The van der Waals surface area contributed by atoms with E-state index in [1.165, 1.54) is 30.8 Å². The molecule has 0 saturated carbocycles. The van der Waals surface area contributed by atoms with Crippen LogP contribution in [0.5, 0.6) is 0 Å². The molecule has 1 aliphatic heterocycles. The van der Waals surface area contributed by atoms with E-state index in [4.69, 9.17) is 0 Å². The molecule has 1 unspecified atom stereocenters. The minimum Gasteiger partial charge on any atom is -0.357 e. The molecule has 2 heterocycles. The maximum Gasteiger partial charge on any atom is 0.191 e. The number of rotatable bonds is 6. The van der Waals surface area contributed by atoms with Crippen molar-refractivity contribution in [3.05, 3.63) is 16.1 Å². The van der Waals surface area contributed by atoms with Crippen molar-refractivity contribution in [3.8, 4) is 0 Å². The van der Waals surface area contributed by atoms with Crippen LogP contribution in [-0.4, -0.2) is 48.6 Å². The van der Waals surface area contributed by atoms with E-state index in [0.29, 0.717) is 6.54 Å². The molecular formula is C16H29N5S. The van der Waals surface area contributed by atoms with Crippen LogP contribution >= 0.6 is 11.3 Å². The number of nitrogens with one attached hydrogen (secondary N) is 2. The second kappa shape index (κ2) is 9.10. The van der Waals surface area contributed by atoms with Gasteiger partial charge >= 0.3 is 0 Å². The number of piperidine rings is 1. The lowest BCUT2D eigenvalue weighted by Crippen LogP contribution is -2.44. The van der Waals surface area contributed by atoms with Gasteiger partial charge in [-0.3, -0.25) is 0 Å². The molecule has 1 fully saturated rings. The largest absolute Gasteiger partial charge is 0.357 e. The Morgan fingerprint density at radius 1 is 1.45 bits per heavy atom. The average molecular weight is 324 g/mol. The number of guanidine groups is 1. The minimum absolute atomic E-state index is 0.652. The van der Waals surface area contributed by atoms with Gasteiger partial charge in [0.2, 0.25) is 0 Å². The summed E-state index contributed by atoms with van der Waals surface area (Å²) in [5, 5.41) is 7.90. The molecule has 124 valence electrons. The molecule has 6 heteroatoms. The maximum atomic E-state index is 4.65. The first-order valence-electron chi connectivity index (χ1n) is 8.37. The summed E-state index contributed by atoms with van der Waals surface area (Å²) in [6.45, 7) is 12.6. The number of aryl methyl sites for hydroxylation is 1. The lowest BCUT2D eigenvalue weighted by Gasteiger charge is -2.32. The van der Waals surface area contributed by atoms with Crippen LogP contribution in [-0.2, 0) is 6.54 Å². The Morgan fingerprint density at radius 3 is 3.00 bits per heavy atom.